The summed E-state index contributed by atoms with van der Waals surface area (Å²) in [5.41, 5.74) is 0.0600. The van der Waals surface area contributed by atoms with E-state index in [2.05, 4.69) is 21.2 Å². The van der Waals surface area contributed by atoms with Crippen LogP contribution in [0.5, 0.6) is 0 Å². The van der Waals surface area contributed by atoms with Crippen LogP contribution in [0.25, 0.3) is 0 Å². The molecule has 3 nitrogen and oxygen atoms in total. The molecule has 1 atom stereocenters. The van der Waals surface area contributed by atoms with Gasteiger partial charge in [0.1, 0.15) is 0 Å². The molecule has 0 aromatic rings. The Balaban J connectivity index is 1.66. The highest BCUT2D eigenvalue weighted by Crippen LogP contribution is 2.33. The maximum Gasteiger partial charge on any atom is 0.220 e. The van der Waals surface area contributed by atoms with Gasteiger partial charge in [0.2, 0.25) is 5.91 Å². The van der Waals surface area contributed by atoms with E-state index in [9.17, 15) is 4.79 Å². The Hall–Kier alpha value is -0.0900. The smallest absolute Gasteiger partial charge is 0.220 e. The minimum atomic E-state index is 0.0600. The number of carbonyl (C=O) groups excluding carboxylic acids is 1. The highest BCUT2D eigenvalue weighted by Gasteiger charge is 2.37. The first-order valence-corrected chi connectivity index (χ1v) is 7.85. The zero-order valence-electron chi connectivity index (χ0n) is 10.3. The van der Waals surface area contributed by atoms with Crippen LogP contribution in [-0.2, 0) is 9.53 Å². The van der Waals surface area contributed by atoms with Gasteiger partial charge >= 0.3 is 0 Å². The number of carbonyl (C=O) groups is 1. The summed E-state index contributed by atoms with van der Waals surface area (Å²) in [6.45, 7) is 0.873. The second kappa shape index (κ2) is 6.19. The largest absolute Gasteiger partial charge is 0.378 e. The number of amides is 1. The first-order valence-electron chi connectivity index (χ1n) is 6.73. The van der Waals surface area contributed by atoms with E-state index in [1.165, 1.54) is 19.3 Å². The topological polar surface area (TPSA) is 38.3 Å². The summed E-state index contributed by atoms with van der Waals surface area (Å²) in [4.78, 5) is 11.9. The number of hydrogen-bond donors (Lipinski definition) is 1. The fourth-order valence-corrected chi connectivity index (χ4v) is 3.28. The molecule has 2 rings (SSSR count). The fraction of sp³-hybridized carbons (Fsp3) is 0.923. The van der Waals surface area contributed by atoms with Gasteiger partial charge in [-0.1, -0.05) is 15.9 Å². The molecule has 2 aliphatic rings. The maximum absolute atomic E-state index is 11.9. The van der Waals surface area contributed by atoms with Crippen molar-refractivity contribution in [3.05, 3.63) is 0 Å². The standard InChI is InChI=1S/C13H22BrNO2/c14-10-13(7-3-8-13)15-12(16)6-5-11-4-1-2-9-17-11/h11H,1-10H2,(H,15,16). The van der Waals surface area contributed by atoms with Gasteiger partial charge in [-0.05, 0) is 44.9 Å². The number of ether oxygens (including phenoxy) is 1. The molecule has 1 amide bonds. The highest BCUT2D eigenvalue weighted by molar-refractivity contribution is 9.09. The van der Waals surface area contributed by atoms with E-state index < -0.39 is 0 Å². The lowest BCUT2D eigenvalue weighted by molar-refractivity contribution is -0.124. The van der Waals surface area contributed by atoms with E-state index in [-0.39, 0.29) is 11.4 Å². The van der Waals surface area contributed by atoms with E-state index >= 15 is 0 Å². The Bertz CT molecular complexity index is 255. The van der Waals surface area contributed by atoms with Crippen LogP contribution in [0.2, 0.25) is 0 Å². The van der Waals surface area contributed by atoms with Gasteiger partial charge in [-0.2, -0.15) is 0 Å². The van der Waals surface area contributed by atoms with Crippen molar-refractivity contribution in [3.63, 3.8) is 0 Å². The predicted octanol–water partition coefficient (Wildman–Crippen LogP) is 2.77. The van der Waals surface area contributed by atoms with Crippen molar-refractivity contribution in [1.29, 1.82) is 0 Å². The molecule has 1 aliphatic carbocycles. The van der Waals surface area contributed by atoms with E-state index in [1.54, 1.807) is 0 Å². The van der Waals surface area contributed by atoms with Gasteiger partial charge in [0, 0.05) is 23.9 Å². The van der Waals surface area contributed by atoms with Crippen LogP contribution in [-0.4, -0.2) is 29.5 Å². The number of nitrogens with one attached hydrogen (secondary N) is 1. The molecule has 1 saturated carbocycles. The zero-order chi connectivity index (χ0) is 12.1. The van der Waals surface area contributed by atoms with Crippen LogP contribution in [0.3, 0.4) is 0 Å². The Morgan fingerprint density at radius 1 is 1.35 bits per heavy atom. The summed E-state index contributed by atoms with van der Waals surface area (Å²) < 4.78 is 5.64. The summed E-state index contributed by atoms with van der Waals surface area (Å²) in [6.07, 6.45) is 8.81. The summed E-state index contributed by atoms with van der Waals surface area (Å²) in [6, 6.07) is 0. The Labute approximate surface area is 112 Å². The van der Waals surface area contributed by atoms with E-state index in [4.69, 9.17) is 4.74 Å². The van der Waals surface area contributed by atoms with Crippen molar-refractivity contribution in [2.45, 2.75) is 63.0 Å². The first kappa shape index (κ1) is 13.3. The first-order chi connectivity index (χ1) is 8.24. The zero-order valence-corrected chi connectivity index (χ0v) is 11.9. The van der Waals surface area contributed by atoms with Crippen LogP contribution in [0.1, 0.15) is 51.4 Å². The Kier molecular flexibility index (Phi) is 4.86. The van der Waals surface area contributed by atoms with Gasteiger partial charge < -0.3 is 10.1 Å². The third-order valence-corrected chi connectivity index (χ3v) is 5.01. The molecule has 1 unspecified atom stereocenters. The summed E-state index contributed by atoms with van der Waals surface area (Å²) in [5, 5.41) is 4.06. The Morgan fingerprint density at radius 3 is 2.71 bits per heavy atom. The second-order valence-corrected chi connectivity index (χ2v) is 5.90. The van der Waals surface area contributed by atoms with Crippen molar-refractivity contribution in [1.82, 2.24) is 5.32 Å². The molecule has 0 aromatic carbocycles. The van der Waals surface area contributed by atoms with Crippen molar-refractivity contribution >= 4 is 21.8 Å². The summed E-state index contributed by atoms with van der Waals surface area (Å²) >= 11 is 3.50. The molecule has 0 spiro atoms. The Morgan fingerprint density at radius 2 is 2.18 bits per heavy atom. The minimum Gasteiger partial charge on any atom is -0.378 e. The lowest BCUT2D eigenvalue weighted by Gasteiger charge is -2.41. The molecule has 17 heavy (non-hydrogen) atoms. The highest BCUT2D eigenvalue weighted by atomic mass is 79.9. The van der Waals surface area contributed by atoms with Crippen LogP contribution in [0.15, 0.2) is 0 Å². The van der Waals surface area contributed by atoms with Crippen molar-refractivity contribution in [3.8, 4) is 0 Å². The fourth-order valence-electron chi connectivity index (χ4n) is 2.58. The van der Waals surface area contributed by atoms with Gasteiger partial charge in [-0.3, -0.25) is 4.79 Å². The van der Waals surface area contributed by atoms with Gasteiger partial charge in [0.25, 0.3) is 0 Å². The monoisotopic (exact) mass is 303 g/mol. The van der Waals surface area contributed by atoms with Gasteiger partial charge in [-0.15, -0.1) is 0 Å². The molecule has 0 aromatic heterocycles. The molecule has 1 saturated heterocycles. The minimum absolute atomic E-state index is 0.0600. The molecule has 1 heterocycles. The molecular formula is C13H22BrNO2. The van der Waals surface area contributed by atoms with Crippen LogP contribution < -0.4 is 5.32 Å². The van der Waals surface area contributed by atoms with Crippen LogP contribution in [0, 0.1) is 0 Å². The average Bonchev–Trinajstić information content (AvgIpc) is 2.33. The lowest BCUT2D eigenvalue weighted by atomic mass is 9.78. The maximum atomic E-state index is 11.9. The van der Waals surface area contributed by atoms with E-state index in [0.717, 1.165) is 37.6 Å². The third-order valence-electron chi connectivity index (χ3n) is 3.94. The normalized spacial score (nSPS) is 27.2. The van der Waals surface area contributed by atoms with Crippen molar-refractivity contribution in [2.75, 3.05) is 11.9 Å². The second-order valence-electron chi connectivity index (χ2n) is 5.34. The number of alkyl halides is 1. The average molecular weight is 304 g/mol. The molecule has 98 valence electrons. The molecular weight excluding hydrogens is 282 g/mol. The summed E-state index contributed by atoms with van der Waals surface area (Å²) in [7, 11) is 0. The molecule has 0 radical (unpaired) electrons. The van der Waals surface area contributed by atoms with Crippen molar-refractivity contribution in [2.24, 2.45) is 0 Å². The van der Waals surface area contributed by atoms with Gasteiger partial charge in [0.05, 0.1) is 6.10 Å². The number of rotatable bonds is 5. The van der Waals surface area contributed by atoms with Crippen LogP contribution >= 0.6 is 15.9 Å². The van der Waals surface area contributed by atoms with Crippen LogP contribution in [0.4, 0.5) is 0 Å². The molecule has 2 fully saturated rings. The predicted molar refractivity (Wildman–Crippen MR) is 71.3 cm³/mol. The van der Waals surface area contributed by atoms with E-state index in [1.807, 2.05) is 0 Å². The van der Waals surface area contributed by atoms with E-state index in [0.29, 0.717) is 12.5 Å². The number of hydrogen-bond acceptors (Lipinski definition) is 2. The van der Waals surface area contributed by atoms with Crippen molar-refractivity contribution < 1.29 is 9.53 Å². The lowest BCUT2D eigenvalue weighted by Crippen LogP contribution is -2.54. The quantitative estimate of drug-likeness (QED) is 0.793. The molecule has 1 N–H and O–H groups in total. The third kappa shape index (κ3) is 3.68. The van der Waals surface area contributed by atoms with Gasteiger partial charge in [-0.25, -0.2) is 0 Å². The summed E-state index contributed by atoms with van der Waals surface area (Å²) in [5.74, 6) is 0.193. The number of halogens is 1. The molecule has 1 aliphatic heterocycles. The van der Waals surface area contributed by atoms with Gasteiger partial charge in [0.15, 0.2) is 0 Å². The SMILES string of the molecule is O=C(CCC1CCCCO1)NC1(CBr)CCC1. The molecule has 4 heteroatoms. The molecule has 0 bridgehead atoms.